The van der Waals surface area contributed by atoms with E-state index in [0.717, 1.165) is 11.3 Å². The highest BCUT2D eigenvalue weighted by Crippen LogP contribution is 2.22. The minimum atomic E-state index is -0.447. The van der Waals surface area contributed by atoms with Crippen molar-refractivity contribution in [3.05, 3.63) is 42.5 Å². The van der Waals surface area contributed by atoms with Gasteiger partial charge in [0.2, 0.25) is 0 Å². The van der Waals surface area contributed by atoms with Crippen LogP contribution in [0, 0.1) is 0 Å². The number of rotatable bonds is 5. The number of carbonyl (C=O) groups is 1. The van der Waals surface area contributed by atoms with Crippen molar-refractivity contribution in [1.82, 2.24) is 10.6 Å². The Balaban J connectivity index is 2.71. The highest BCUT2D eigenvalue weighted by atomic mass is 16.5. The van der Waals surface area contributed by atoms with Crippen LogP contribution in [-0.4, -0.2) is 19.7 Å². The summed E-state index contributed by atoms with van der Waals surface area (Å²) < 4.78 is 5.11. The van der Waals surface area contributed by atoms with Crippen molar-refractivity contribution in [3.63, 3.8) is 0 Å². The number of hydrogen-bond acceptors (Lipinski definition) is 2. The third kappa shape index (κ3) is 3.80. The van der Waals surface area contributed by atoms with Crippen LogP contribution in [0.3, 0.4) is 0 Å². The lowest BCUT2D eigenvalue weighted by atomic mass is 9.94. The van der Waals surface area contributed by atoms with E-state index in [9.17, 15) is 4.79 Å². The molecule has 1 aromatic rings. The monoisotopic (exact) mass is 248 g/mol. The summed E-state index contributed by atoms with van der Waals surface area (Å²) in [6, 6.07) is 7.41. The van der Waals surface area contributed by atoms with Gasteiger partial charge in [-0.25, -0.2) is 4.79 Å². The fourth-order valence-corrected chi connectivity index (χ4v) is 1.57. The summed E-state index contributed by atoms with van der Waals surface area (Å²) in [6.45, 7) is 7.89. The highest BCUT2D eigenvalue weighted by molar-refractivity contribution is 5.75. The molecule has 1 rings (SSSR count). The molecule has 2 N–H and O–H groups in total. The van der Waals surface area contributed by atoms with Crippen LogP contribution in [0.4, 0.5) is 4.79 Å². The van der Waals surface area contributed by atoms with Gasteiger partial charge in [-0.3, -0.25) is 0 Å². The van der Waals surface area contributed by atoms with E-state index >= 15 is 0 Å². The number of methoxy groups -OCH3 is 1. The third-order valence-electron chi connectivity index (χ3n) is 2.64. The molecule has 0 aliphatic heterocycles. The third-order valence-corrected chi connectivity index (χ3v) is 2.64. The molecule has 4 heteroatoms. The van der Waals surface area contributed by atoms with Gasteiger partial charge in [0.25, 0.3) is 0 Å². The molecule has 2 amide bonds. The summed E-state index contributed by atoms with van der Waals surface area (Å²) in [5.41, 5.74) is 0.564. The normalized spacial score (nSPS) is 10.6. The quantitative estimate of drug-likeness (QED) is 0.786. The Morgan fingerprint density at radius 3 is 2.50 bits per heavy atom. The highest BCUT2D eigenvalue weighted by Gasteiger charge is 2.22. The summed E-state index contributed by atoms with van der Waals surface area (Å²) in [5, 5.41) is 5.59. The van der Waals surface area contributed by atoms with E-state index in [1.54, 1.807) is 13.2 Å². The molecule has 0 atom stereocenters. The Kier molecular flexibility index (Phi) is 4.77. The molecule has 0 heterocycles. The van der Waals surface area contributed by atoms with Gasteiger partial charge >= 0.3 is 6.03 Å². The summed E-state index contributed by atoms with van der Waals surface area (Å²) in [5.74, 6) is 0.797. The zero-order chi connectivity index (χ0) is 13.6. The fraction of sp³-hybridized carbons (Fsp3) is 0.357. The van der Waals surface area contributed by atoms with Crippen LogP contribution < -0.4 is 15.4 Å². The molecule has 0 aromatic heterocycles. The fourth-order valence-electron chi connectivity index (χ4n) is 1.57. The molecule has 0 bridgehead atoms. The topological polar surface area (TPSA) is 50.4 Å². The van der Waals surface area contributed by atoms with Gasteiger partial charge < -0.3 is 15.4 Å². The first-order valence-corrected chi connectivity index (χ1v) is 5.81. The van der Waals surface area contributed by atoms with E-state index in [2.05, 4.69) is 17.2 Å². The van der Waals surface area contributed by atoms with Crippen molar-refractivity contribution in [3.8, 4) is 5.75 Å². The molecule has 18 heavy (non-hydrogen) atoms. The summed E-state index contributed by atoms with van der Waals surface area (Å²) >= 11 is 0. The van der Waals surface area contributed by atoms with Gasteiger partial charge in [-0.2, -0.15) is 0 Å². The number of amides is 2. The number of ether oxygens (including phenoxy) is 1. The van der Waals surface area contributed by atoms with Gasteiger partial charge in [-0.15, -0.1) is 6.58 Å². The molecule has 0 unspecified atom stereocenters. The first kappa shape index (κ1) is 14.1. The Hall–Kier alpha value is -1.97. The molecule has 98 valence electrons. The van der Waals surface area contributed by atoms with Crippen molar-refractivity contribution in [2.75, 3.05) is 13.7 Å². The number of benzene rings is 1. The van der Waals surface area contributed by atoms with Gasteiger partial charge in [0.1, 0.15) is 5.75 Å². The smallest absolute Gasteiger partial charge is 0.315 e. The molecular formula is C14H20N2O2. The maximum Gasteiger partial charge on any atom is 0.315 e. The Bertz CT molecular complexity index is 410. The second kappa shape index (κ2) is 6.10. The molecule has 0 aliphatic carbocycles. The van der Waals surface area contributed by atoms with Crippen LogP contribution in [0.15, 0.2) is 36.9 Å². The maximum absolute atomic E-state index is 11.6. The molecule has 0 saturated heterocycles. The number of urea groups is 1. The van der Waals surface area contributed by atoms with Crippen molar-refractivity contribution < 1.29 is 9.53 Å². The van der Waals surface area contributed by atoms with Crippen LogP contribution in [0.2, 0.25) is 0 Å². The average molecular weight is 248 g/mol. The summed E-state index contributed by atoms with van der Waals surface area (Å²) in [7, 11) is 1.63. The summed E-state index contributed by atoms with van der Waals surface area (Å²) in [6.07, 6.45) is 1.64. The van der Waals surface area contributed by atoms with E-state index < -0.39 is 5.54 Å². The minimum Gasteiger partial charge on any atom is -0.497 e. The molecule has 0 saturated carbocycles. The molecule has 0 radical (unpaired) electrons. The van der Waals surface area contributed by atoms with Crippen molar-refractivity contribution in [2.45, 2.75) is 19.4 Å². The Morgan fingerprint density at radius 2 is 2.00 bits per heavy atom. The average Bonchev–Trinajstić information content (AvgIpc) is 2.36. The second-order valence-electron chi connectivity index (χ2n) is 4.48. The zero-order valence-corrected chi connectivity index (χ0v) is 11.1. The van der Waals surface area contributed by atoms with Gasteiger partial charge in [-0.05, 0) is 31.5 Å². The van der Waals surface area contributed by atoms with Gasteiger partial charge in [0, 0.05) is 6.54 Å². The van der Waals surface area contributed by atoms with Crippen LogP contribution in [0.25, 0.3) is 0 Å². The molecule has 1 aromatic carbocycles. The summed E-state index contributed by atoms with van der Waals surface area (Å²) in [4.78, 5) is 11.6. The lowest BCUT2D eigenvalue weighted by Crippen LogP contribution is -2.46. The SMILES string of the molecule is C=CCNC(=O)NC(C)(C)c1ccc(OC)cc1. The Labute approximate surface area is 108 Å². The minimum absolute atomic E-state index is 0.212. The van der Waals surface area contributed by atoms with Crippen LogP contribution in [0.5, 0.6) is 5.75 Å². The lowest BCUT2D eigenvalue weighted by molar-refractivity contribution is 0.231. The first-order valence-electron chi connectivity index (χ1n) is 5.81. The zero-order valence-electron chi connectivity index (χ0n) is 11.1. The van der Waals surface area contributed by atoms with Gasteiger partial charge in [0.15, 0.2) is 0 Å². The number of hydrogen-bond donors (Lipinski definition) is 2. The Morgan fingerprint density at radius 1 is 1.39 bits per heavy atom. The maximum atomic E-state index is 11.6. The largest absolute Gasteiger partial charge is 0.497 e. The second-order valence-corrected chi connectivity index (χ2v) is 4.48. The molecule has 0 spiro atoms. The van der Waals surface area contributed by atoms with E-state index in [0.29, 0.717) is 6.54 Å². The molecular weight excluding hydrogens is 228 g/mol. The van der Waals surface area contributed by atoms with Crippen LogP contribution in [-0.2, 0) is 5.54 Å². The molecule has 4 nitrogen and oxygen atoms in total. The van der Waals surface area contributed by atoms with E-state index in [4.69, 9.17) is 4.74 Å². The lowest BCUT2D eigenvalue weighted by Gasteiger charge is -2.27. The van der Waals surface area contributed by atoms with Gasteiger partial charge in [-0.1, -0.05) is 18.2 Å². The standard InChI is InChI=1S/C14H20N2O2/c1-5-10-15-13(17)16-14(2,3)11-6-8-12(18-4)9-7-11/h5-9H,1,10H2,2-4H3,(H2,15,16,17). The van der Waals surface area contributed by atoms with E-state index in [1.807, 2.05) is 38.1 Å². The van der Waals surface area contributed by atoms with E-state index in [-0.39, 0.29) is 6.03 Å². The molecule has 0 aliphatic rings. The van der Waals surface area contributed by atoms with E-state index in [1.165, 1.54) is 0 Å². The number of carbonyl (C=O) groups excluding carboxylic acids is 1. The van der Waals surface area contributed by atoms with Crippen LogP contribution >= 0.6 is 0 Å². The molecule has 0 fully saturated rings. The van der Waals surface area contributed by atoms with Crippen LogP contribution in [0.1, 0.15) is 19.4 Å². The first-order chi connectivity index (χ1) is 8.49. The predicted octanol–water partition coefficient (Wildman–Crippen LogP) is 2.42. The number of nitrogens with one attached hydrogen (secondary N) is 2. The van der Waals surface area contributed by atoms with Crippen molar-refractivity contribution in [2.24, 2.45) is 0 Å². The predicted molar refractivity (Wildman–Crippen MR) is 72.8 cm³/mol. The van der Waals surface area contributed by atoms with Crippen molar-refractivity contribution in [1.29, 1.82) is 0 Å². The van der Waals surface area contributed by atoms with Crippen molar-refractivity contribution >= 4 is 6.03 Å². The van der Waals surface area contributed by atoms with Gasteiger partial charge in [0.05, 0.1) is 12.6 Å².